The van der Waals surface area contributed by atoms with E-state index in [1.54, 1.807) is 20.9 Å². The lowest BCUT2D eigenvalue weighted by Gasteiger charge is -2.38. The lowest BCUT2D eigenvalue weighted by Crippen LogP contribution is -2.50. The van der Waals surface area contributed by atoms with Gasteiger partial charge in [0.05, 0.1) is 43.0 Å². The van der Waals surface area contributed by atoms with Crippen molar-refractivity contribution in [2.45, 2.75) is 31.0 Å². The molecule has 1 aromatic heterocycles. The number of hydrogen-bond acceptors (Lipinski definition) is 8. The quantitative estimate of drug-likeness (QED) is 0.497. The van der Waals surface area contributed by atoms with Crippen molar-refractivity contribution in [2.24, 2.45) is 13.0 Å². The molecular weight excluding hydrogens is 498 g/mol. The minimum absolute atomic E-state index is 0.00162. The molecule has 35 heavy (non-hydrogen) atoms. The van der Waals surface area contributed by atoms with Crippen LogP contribution in [-0.4, -0.2) is 91.8 Å². The summed E-state index contributed by atoms with van der Waals surface area (Å²) in [6.07, 6.45) is 2.99. The van der Waals surface area contributed by atoms with Crippen LogP contribution in [0.2, 0.25) is 0 Å². The normalized spacial score (nSPS) is 20.1. The number of aromatic nitrogens is 2. The average molecular weight is 530 g/mol. The molecule has 2 heterocycles. The smallest absolute Gasteiger partial charge is 0.261 e. The molecule has 12 nitrogen and oxygen atoms in total. The summed E-state index contributed by atoms with van der Waals surface area (Å²) in [6.45, 7) is 3.30. The maximum absolute atomic E-state index is 13.4. The van der Waals surface area contributed by atoms with Gasteiger partial charge >= 0.3 is 0 Å². The third-order valence-corrected chi connectivity index (χ3v) is 8.08. The molecule has 0 spiro atoms. The number of nitrogens with one attached hydrogen (secondary N) is 1. The zero-order valence-corrected chi connectivity index (χ0v) is 21.9. The number of nitrogens with zero attached hydrogens (tertiary/aromatic N) is 4. The molecule has 0 unspecified atom stereocenters. The Bertz CT molecular complexity index is 1290. The Kier molecular flexibility index (Phi) is 7.79. The summed E-state index contributed by atoms with van der Waals surface area (Å²) < 4.78 is 61.2. The van der Waals surface area contributed by atoms with Gasteiger partial charge in [-0.3, -0.25) is 9.52 Å². The number of ether oxygens (including phenoxy) is 1. The largest absolute Gasteiger partial charge is 0.486 e. The summed E-state index contributed by atoms with van der Waals surface area (Å²) in [6, 6.07) is 3.96. The Morgan fingerprint density at radius 3 is 2.57 bits per heavy atom. The van der Waals surface area contributed by atoms with Crippen molar-refractivity contribution in [3.8, 4) is 5.75 Å². The predicted molar refractivity (Wildman–Crippen MR) is 129 cm³/mol. The van der Waals surface area contributed by atoms with Crippen LogP contribution in [0.25, 0.3) is 0 Å². The van der Waals surface area contributed by atoms with E-state index in [0.29, 0.717) is 0 Å². The van der Waals surface area contributed by atoms with Crippen LogP contribution in [-0.2, 0) is 27.1 Å². The predicted octanol–water partition coefficient (Wildman–Crippen LogP) is 0.332. The first-order chi connectivity index (χ1) is 16.2. The number of aliphatic hydroxyl groups excluding tert-OH is 1. The highest BCUT2D eigenvalue weighted by Gasteiger charge is 2.36. The Labute approximate surface area is 205 Å². The van der Waals surface area contributed by atoms with Gasteiger partial charge in [-0.2, -0.15) is 4.31 Å². The molecule has 2 aromatic rings. The molecule has 1 aromatic carbocycles. The monoisotopic (exact) mass is 529 g/mol. The summed E-state index contributed by atoms with van der Waals surface area (Å²) >= 11 is 0. The third-order valence-electron chi connectivity index (χ3n) is 5.78. The second-order valence-corrected chi connectivity index (χ2v) is 12.6. The Balaban J connectivity index is 2.06. The number of amides is 1. The fourth-order valence-corrected chi connectivity index (χ4v) is 5.48. The summed E-state index contributed by atoms with van der Waals surface area (Å²) in [4.78, 5) is 18.8. The van der Waals surface area contributed by atoms with Crippen LogP contribution in [0.15, 0.2) is 35.7 Å². The number of aliphatic hydroxyl groups is 1. The number of fused-ring (bicyclic) bond motifs is 1. The zero-order valence-electron chi connectivity index (χ0n) is 20.2. The molecule has 1 amide bonds. The number of benzene rings is 1. The highest BCUT2D eigenvalue weighted by atomic mass is 32.2. The first kappa shape index (κ1) is 26.9. The van der Waals surface area contributed by atoms with E-state index in [2.05, 4.69) is 9.71 Å². The molecule has 0 saturated heterocycles. The van der Waals surface area contributed by atoms with E-state index in [4.69, 9.17) is 4.74 Å². The number of sulfonamides is 2. The number of anilines is 1. The highest BCUT2D eigenvalue weighted by Crippen LogP contribution is 2.35. The number of aryl methyl sites for hydroxylation is 1. The minimum atomic E-state index is -3.93. The van der Waals surface area contributed by atoms with Crippen LogP contribution in [0, 0.1) is 5.92 Å². The Morgan fingerprint density at radius 2 is 2.00 bits per heavy atom. The molecule has 3 rings (SSSR count). The SMILES string of the molecule is C[C@H](CO)N1C[C@H](C)[C@H](CN(C)S(=O)(=O)c2cn(C)cn2)Oc2c(NS(C)(=O)=O)cccc2C1=O. The molecule has 0 fully saturated rings. The molecule has 0 saturated carbocycles. The van der Waals surface area contributed by atoms with E-state index < -0.39 is 38.1 Å². The lowest BCUT2D eigenvalue weighted by molar-refractivity contribution is 0.0389. The van der Waals surface area contributed by atoms with Crippen molar-refractivity contribution >= 4 is 31.6 Å². The van der Waals surface area contributed by atoms with Crippen molar-refractivity contribution in [1.82, 2.24) is 18.8 Å². The number of carbonyl (C=O) groups is 1. The van der Waals surface area contributed by atoms with Gasteiger partial charge in [0.25, 0.3) is 15.9 Å². The Hall–Kier alpha value is -2.68. The average Bonchev–Trinajstić information content (AvgIpc) is 3.22. The zero-order chi connectivity index (χ0) is 26.1. The van der Waals surface area contributed by atoms with Crippen molar-refractivity contribution < 1.29 is 31.5 Å². The van der Waals surface area contributed by atoms with Crippen LogP contribution < -0.4 is 9.46 Å². The highest BCUT2D eigenvalue weighted by molar-refractivity contribution is 7.92. The second-order valence-electron chi connectivity index (χ2n) is 8.84. The molecule has 0 bridgehead atoms. The fraction of sp³-hybridized carbons (Fsp3) is 0.524. The molecule has 3 atom stereocenters. The van der Waals surface area contributed by atoms with Gasteiger partial charge in [-0.25, -0.2) is 21.8 Å². The third kappa shape index (κ3) is 5.94. The molecule has 14 heteroatoms. The first-order valence-corrected chi connectivity index (χ1v) is 14.2. The Morgan fingerprint density at radius 1 is 1.31 bits per heavy atom. The topological polar surface area (TPSA) is 151 Å². The maximum atomic E-state index is 13.4. The van der Waals surface area contributed by atoms with Gasteiger partial charge in [0.15, 0.2) is 10.8 Å². The van der Waals surface area contributed by atoms with Crippen molar-refractivity contribution in [3.63, 3.8) is 0 Å². The molecule has 1 aliphatic rings. The number of rotatable bonds is 8. The van der Waals surface area contributed by atoms with E-state index >= 15 is 0 Å². The van der Waals surface area contributed by atoms with Gasteiger partial charge in [0, 0.05) is 32.8 Å². The van der Waals surface area contributed by atoms with Crippen LogP contribution in [0.3, 0.4) is 0 Å². The summed E-state index contributed by atoms with van der Waals surface area (Å²) in [5.74, 6) is -0.814. The number of hydrogen-bond donors (Lipinski definition) is 2. The van der Waals surface area contributed by atoms with Gasteiger partial charge in [-0.1, -0.05) is 13.0 Å². The molecule has 194 valence electrons. The van der Waals surface area contributed by atoms with E-state index in [9.17, 15) is 26.7 Å². The van der Waals surface area contributed by atoms with Crippen molar-refractivity contribution in [3.05, 3.63) is 36.3 Å². The molecule has 0 aliphatic carbocycles. The molecule has 0 radical (unpaired) electrons. The number of imidazole rings is 1. The summed E-state index contributed by atoms with van der Waals surface area (Å²) in [5.41, 5.74) is 0.162. The van der Waals surface area contributed by atoms with Crippen LogP contribution in [0.4, 0.5) is 5.69 Å². The number of para-hydroxylation sites is 1. The van der Waals surface area contributed by atoms with E-state index in [-0.39, 0.29) is 47.6 Å². The van der Waals surface area contributed by atoms with Gasteiger partial charge in [-0.15, -0.1) is 0 Å². The maximum Gasteiger partial charge on any atom is 0.261 e. The van der Waals surface area contributed by atoms with Gasteiger partial charge in [-0.05, 0) is 19.1 Å². The minimum Gasteiger partial charge on any atom is -0.486 e. The van der Waals surface area contributed by atoms with E-state index in [1.165, 1.54) is 47.2 Å². The van der Waals surface area contributed by atoms with Crippen molar-refractivity contribution in [1.29, 1.82) is 0 Å². The van der Waals surface area contributed by atoms with Crippen molar-refractivity contribution in [2.75, 3.05) is 37.7 Å². The summed E-state index contributed by atoms with van der Waals surface area (Å²) in [7, 11) is -4.58. The van der Waals surface area contributed by atoms with Gasteiger partial charge < -0.3 is 19.3 Å². The van der Waals surface area contributed by atoms with Crippen LogP contribution >= 0.6 is 0 Å². The number of carbonyl (C=O) groups excluding carboxylic acids is 1. The second kappa shape index (κ2) is 10.1. The standard InChI is InChI=1S/C21H31N5O7S2/c1-14-9-26(15(2)12-27)21(28)16-7-6-8-17(23-34(5,29)30)20(16)33-18(14)10-25(4)35(31,32)19-11-24(3)13-22-19/h6-8,11,13-15,18,23,27H,9-10,12H2,1-5H3/t14-,15+,18-/m0/s1. The first-order valence-electron chi connectivity index (χ1n) is 10.9. The van der Waals surface area contributed by atoms with E-state index in [1.807, 2.05) is 0 Å². The molecular formula is C21H31N5O7S2. The van der Waals surface area contributed by atoms with E-state index in [0.717, 1.165) is 10.6 Å². The van der Waals surface area contributed by atoms with Gasteiger partial charge in [0.2, 0.25) is 10.0 Å². The van der Waals surface area contributed by atoms with Crippen LogP contribution in [0.5, 0.6) is 5.75 Å². The van der Waals surface area contributed by atoms with Crippen LogP contribution in [0.1, 0.15) is 24.2 Å². The summed E-state index contributed by atoms with van der Waals surface area (Å²) in [5, 5.41) is 9.62. The van der Waals surface area contributed by atoms with Gasteiger partial charge in [0.1, 0.15) is 6.10 Å². The molecule has 2 N–H and O–H groups in total. The molecule has 1 aliphatic heterocycles. The lowest BCUT2D eigenvalue weighted by atomic mass is 9.99. The fourth-order valence-electron chi connectivity index (χ4n) is 3.77. The number of likely N-dealkylation sites (N-methyl/N-ethyl adjacent to an activating group) is 1.